The Hall–Kier alpha value is -3.68. The Kier molecular flexibility index (Phi) is 4.06. The van der Waals surface area contributed by atoms with Gasteiger partial charge < -0.3 is 10.1 Å². The second-order valence-electron chi connectivity index (χ2n) is 5.73. The zero-order chi connectivity index (χ0) is 17.9. The lowest BCUT2D eigenvalue weighted by Gasteiger charge is -2.22. The lowest BCUT2D eigenvalue weighted by Crippen LogP contribution is -2.35. The van der Waals surface area contributed by atoms with Crippen molar-refractivity contribution < 1.29 is 14.3 Å². The molecule has 1 aliphatic heterocycles. The number of hydrogen-bond acceptors (Lipinski definition) is 5. The number of carbonyl (C=O) groups is 2. The first-order valence-corrected chi connectivity index (χ1v) is 8.02. The van der Waals surface area contributed by atoms with Crippen LogP contribution in [0, 0.1) is 0 Å². The van der Waals surface area contributed by atoms with Gasteiger partial charge in [0.1, 0.15) is 23.9 Å². The minimum atomic E-state index is -0.735. The van der Waals surface area contributed by atoms with Crippen molar-refractivity contribution in [3.63, 3.8) is 0 Å². The van der Waals surface area contributed by atoms with Gasteiger partial charge in [0.15, 0.2) is 0 Å². The standard InChI is InChI=1S/C18H15N5O3/c24-16-10-15(23-18(22-16)19-11-20-23)17(25)21-12-6-8-14(9-7-12)26-13-4-2-1-3-5-13/h1-9,11,15H,10H2,(H,21,25)(H,19,20,22,24). The predicted octanol–water partition coefficient (Wildman–Crippen LogP) is 2.59. The lowest BCUT2D eigenvalue weighted by molar-refractivity contribution is -0.125. The zero-order valence-corrected chi connectivity index (χ0v) is 13.6. The Labute approximate surface area is 148 Å². The van der Waals surface area contributed by atoms with Crippen molar-refractivity contribution in [3.05, 3.63) is 60.9 Å². The molecule has 2 heterocycles. The summed E-state index contributed by atoms with van der Waals surface area (Å²) in [5.41, 5.74) is 0.600. The molecule has 1 aliphatic rings. The third kappa shape index (κ3) is 3.25. The van der Waals surface area contributed by atoms with Crippen molar-refractivity contribution in [3.8, 4) is 11.5 Å². The highest BCUT2D eigenvalue weighted by Gasteiger charge is 2.31. The van der Waals surface area contributed by atoms with E-state index in [4.69, 9.17) is 4.74 Å². The van der Waals surface area contributed by atoms with Crippen LogP contribution in [0.25, 0.3) is 0 Å². The fourth-order valence-corrected chi connectivity index (χ4v) is 2.67. The van der Waals surface area contributed by atoms with E-state index in [0.717, 1.165) is 5.75 Å². The number of anilines is 2. The summed E-state index contributed by atoms with van der Waals surface area (Å²) in [7, 11) is 0. The Morgan fingerprint density at radius 3 is 2.62 bits per heavy atom. The zero-order valence-electron chi connectivity index (χ0n) is 13.6. The Morgan fingerprint density at radius 2 is 1.85 bits per heavy atom. The molecule has 2 N–H and O–H groups in total. The quantitative estimate of drug-likeness (QED) is 0.754. The van der Waals surface area contributed by atoms with Crippen LogP contribution in [-0.2, 0) is 9.59 Å². The molecule has 0 fully saturated rings. The number of aromatic nitrogens is 3. The van der Waals surface area contributed by atoms with Crippen molar-refractivity contribution in [1.29, 1.82) is 0 Å². The van der Waals surface area contributed by atoms with Crippen molar-refractivity contribution in [2.45, 2.75) is 12.5 Å². The van der Waals surface area contributed by atoms with Gasteiger partial charge in [-0.25, -0.2) is 4.68 Å². The topological polar surface area (TPSA) is 98.1 Å². The fourth-order valence-electron chi connectivity index (χ4n) is 2.67. The van der Waals surface area contributed by atoms with Crippen LogP contribution in [0.15, 0.2) is 60.9 Å². The van der Waals surface area contributed by atoms with E-state index < -0.39 is 6.04 Å². The second kappa shape index (κ2) is 6.67. The van der Waals surface area contributed by atoms with Crippen LogP contribution in [0.3, 0.4) is 0 Å². The first-order valence-electron chi connectivity index (χ1n) is 8.02. The lowest BCUT2D eigenvalue weighted by atomic mass is 10.1. The molecule has 0 radical (unpaired) electrons. The molecule has 1 unspecified atom stereocenters. The van der Waals surface area contributed by atoms with Crippen molar-refractivity contribution >= 4 is 23.5 Å². The summed E-state index contributed by atoms with van der Waals surface area (Å²) in [4.78, 5) is 28.2. The molecule has 0 aliphatic carbocycles. The molecule has 1 aromatic heterocycles. The maximum Gasteiger partial charge on any atom is 0.249 e. The number of nitrogens with zero attached hydrogens (tertiary/aromatic N) is 3. The average Bonchev–Trinajstić information content (AvgIpc) is 3.11. The Bertz CT molecular complexity index is 937. The number of amides is 2. The number of fused-ring (bicyclic) bond motifs is 1. The van der Waals surface area contributed by atoms with Crippen LogP contribution in [0.2, 0.25) is 0 Å². The average molecular weight is 349 g/mol. The molecule has 2 aromatic carbocycles. The van der Waals surface area contributed by atoms with Gasteiger partial charge in [0, 0.05) is 5.69 Å². The maximum absolute atomic E-state index is 12.5. The minimum absolute atomic E-state index is 0.0113. The van der Waals surface area contributed by atoms with Gasteiger partial charge >= 0.3 is 0 Å². The highest BCUT2D eigenvalue weighted by Crippen LogP contribution is 2.25. The molecule has 0 saturated heterocycles. The first kappa shape index (κ1) is 15.8. The summed E-state index contributed by atoms with van der Waals surface area (Å²) in [5, 5.41) is 9.37. The van der Waals surface area contributed by atoms with Crippen LogP contribution in [0.5, 0.6) is 11.5 Å². The maximum atomic E-state index is 12.5. The van der Waals surface area contributed by atoms with E-state index in [-0.39, 0.29) is 24.2 Å². The molecule has 4 rings (SSSR count). The molecular weight excluding hydrogens is 334 g/mol. The number of rotatable bonds is 4. The summed E-state index contributed by atoms with van der Waals surface area (Å²) >= 11 is 0. The molecule has 26 heavy (non-hydrogen) atoms. The SMILES string of the molecule is O=C1CC(C(=O)Nc2ccc(Oc3ccccc3)cc2)n2ncnc2N1. The van der Waals surface area contributed by atoms with Gasteiger partial charge in [0.25, 0.3) is 0 Å². The van der Waals surface area contributed by atoms with E-state index in [1.165, 1.54) is 11.0 Å². The molecule has 2 amide bonds. The number of hydrogen-bond donors (Lipinski definition) is 2. The van der Waals surface area contributed by atoms with Crippen molar-refractivity contribution in [1.82, 2.24) is 14.8 Å². The van der Waals surface area contributed by atoms with Crippen molar-refractivity contribution in [2.75, 3.05) is 10.6 Å². The summed E-state index contributed by atoms with van der Waals surface area (Å²) in [6.07, 6.45) is 1.31. The van der Waals surface area contributed by atoms with Gasteiger partial charge in [-0.15, -0.1) is 0 Å². The molecule has 0 spiro atoms. The predicted molar refractivity (Wildman–Crippen MR) is 93.9 cm³/mol. The minimum Gasteiger partial charge on any atom is -0.457 e. The number of nitrogens with one attached hydrogen (secondary N) is 2. The molecule has 0 bridgehead atoms. The summed E-state index contributed by atoms with van der Waals surface area (Å²) in [6, 6.07) is 15.7. The molecule has 130 valence electrons. The monoisotopic (exact) mass is 349 g/mol. The molecule has 1 atom stereocenters. The number of benzene rings is 2. The Balaban J connectivity index is 1.45. The van der Waals surface area contributed by atoms with E-state index in [1.54, 1.807) is 24.3 Å². The van der Waals surface area contributed by atoms with Gasteiger partial charge in [-0.05, 0) is 36.4 Å². The number of ether oxygens (including phenoxy) is 1. The van der Waals surface area contributed by atoms with Gasteiger partial charge in [-0.2, -0.15) is 10.1 Å². The van der Waals surface area contributed by atoms with E-state index in [1.807, 2.05) is 30.3 Å². The van der Waals surface area contributed by atoms with Crippen LogP contribution in [0.1, 0.15) is 12.5 Å². The van der Waals surface area contributed by atoms with E-state index >= 15 is 0 Å². The van der Waals surface area contributed by atoms with Crippen LogP contribution >= 0.6 is 0 Å². The smallest absolute Gasteiger partial charge is 0.249 e. The normalized spacial score (nSPS) is 15.7. The van der Waals surface area contributed by atoms with Gasteiger partial charge in [-0.3, -0.25) is 14.9 Å². The Morgan fingerprint density at radius 1 is 1.12 bits per heavy atom. The van der Waals surface area contributed by atoms with Gasteiger partial charge in [0.2, 0.25) is 17.8 Å². The first-order chi connectivity index (χ1) is 12.7. The van der Waals surface area contributed by atoms with Crippen LogP contribution < -0.4 is 15.4 Å². The van der Waals surface area contributed by atoms with E-state index in [2.05, 4.69) is 20.7 Å². The van der Waals surface area contributed by atoms with Crippen molar-refractivity contribution in [2.24, 2.45) is 0 Å². The fraction of sp³-hybridized carbons (Fsp3) is 0.111. The second-order valence-corrected chi connectivity index (χ2v) is 5.73. The highest BCUT2D eigenvalue weighted by atomic mass is 16.5. The largest absolute Gasteiger partial charge is 0.457 e. The molecule has 8 heteroatoms. The number of carbonyl (C=O) groups excluding carboxylic acids is 2. The summed E-state index contributed by atoms with van der Waals surface area (Å²) in [6.45, 7) is 0. The molecular formula is C18H15N5O3. The summed E-state index contributed by atoms with van der Waals surface area (Å²) < 4.78 is 7.12. The van der Waals surface area contributed by atoms with Crippen LogP contribution in [-0.4, -0.2) is 26.6 Å². The number of para-hydroxylation sites is 1. The molecule has 8 nitrogen and oxygen atoms in total. The third-order valence-electron chi connectivity index (χ3n) is 3.90. The van der Waals surface area contributed by atoms with E-state index in [0.29, 0.717) is 11.4 Å². The highest BCUT2D eigenvalue weighted by molar-refractivity contribution is 6.00. The van der Waals surface area contributed by atoms with Gasteiger partial charge in [0.05, 0.1) is 6.42 Å². The summed E-state index contributed by atoms with van der Waals surface area (Å²) in [5.74, 6) is 1.06. The molecule has 3 aromatic rings. The van der Waals surface area contributed by atoms with Gasteiger partial charge in [-0.1, -0.05) is 18.2 Å². The third-order valence-corrected chi connectivity index (χ3v) is 3.90. The van der Waals surface area contributed by atoms with Crippen LogP contribution in [0.4, 0.5) is 11.6 Å². The molecule has 0 saturated carbocycles. The van der Waals surface area contributed by atoms with E-state index in [9.17, 15) is 9.59 Å².